The number of aliphatic hydroxyl groups is 2. The van der Waals surface area contributed by atoms with Crippen LogP contribution in [0.3, 0.4) is 0 Å². The second kappa shape index (κ2) is 9.49. The summed E-state index contributed by atoms with van der Waals surface area (Å²) in [6.45, 7) is 0. The minimum Gasteiger partial charge on any atom is -0.389 e. The van der Waals surface area contributed by atoms with Crippen LogP contribution in [0.4, 0.5) is 0 Å². The van der Waals surface area contributed by atoms with Crippen molar-refractivity contribution in [1.29, 1.82) is 0 Å². The van der Waals surface area contributed by atoms with E-state index in [0.717, 1.165) is 51.4 Å². The molecule has 2 N–H and O–H groups in total. The Morgan fingerprint density at radius 2 is 0.867 bits per heavy atom. The summed E-state index contributed by atoms with van der Waals surface area (Å²) in [5, 5.41) is 23.3. The topological polar surface area (TPSA) is 40.5 Å². The lowest BCUT2D eigenvalue weighted by Gasteiger charge is -2.40. The largest absolute Gasteiger partial charge is 0.389 e. The fourth-order valence-electron chi connectivity index (χ4n) is 5.69. The third-order valence-corrected chi connectivity index (χ3v) is 7.41. The Bertz CT molecular complexity index is 730. The summed E-state index contributed by atoms with van der Waals surface area (Å²) >= 11 is 0. The molecule has 2 fully saturated rings. The van der Waals surface area contributed by atoms with Gasteiger partial charge >= 0.3 is 0 Å². The van der Waals surface area contributed by atoms with Gasteiger partial charge in [-0.15, -0.1) is 0 Å². The monoisotopic (exact) mass is 404 g/mol. The van der Waals surface area contributed by atoms with E-state index in [4.69, 9.17) is 0 Å². The molecule has 2 saturated carbocycles. The Hall–Kier alpha value is -1.90. The first-order valence-electron chi connectivity index (χ1n) is 11.8. The molecule has 0 amide bonds. The van der Waals surface area contributed by atoms with E-state index in [1.165, 1.54) is 24.0 Å². The van der Waals surface area contributed by atoms with Crippen LogP contribution in [-0.2, 0) is 0 Å². The molecule has 0 bridgehead atoms. The van der Waals surface area contributed by atoms with Gasteiger partial charge in [0.15, 0.2) is 0 Å². The Kier molecular flexibility index (Phi) is 6.75. The molecule has 2 aromatic carbocycles. The van der Waals surface area contributed by atoms with Crippen molar-refractivity contribution in [3.8, 4) is 0 Å². The van der Waals surface area contributed by atoms with Gasteiger partial charge in [-0.25, -0.2) is 0 Å². The smallest absolute Gasteiger partial charge is 0.0750 e. The molecule has 0 aromatic heterocycles. The summed E-state index contributed by atoms with van der Waals surface area (Å²) in [7, 11) is 0. The molecule has 4 rings (SSSR count). The first kappa shape index (κ1) is 21.3. The Morgan fingerprint density at radius 1 is 0.533 bits per heavy atom. The van der Waals surface area contributed by atoms with Crippen LogP contribution in [0.5, 0.6) is 0 Å². The van der Waals surface area contributed by atoms with Crippen LogP contribution in [0, 0.1) is 0 Å². The lowest BCUT2D eigenvalue weighted by molar-refractivity contribution is -0.0138. The van der Waals surface area contributed by atoms with Crippen LogP contribution < -0.4 is 0 Å². The van der Waals surface area contributed by atoms with Crippen LogP contribution in [-0.4, -0.2) is 21.4 Å². The Balaban J connectivity index is 1.70. The van der Waals surface area contributed by atoms with Gasteiger partial charge in [-0.05, 0) is 36.8 Å². The van der Waals surface area contributed by atoms with Gasteiger partial charge in [-0.1, -0.05) is 111 Å². The molecule has 0 radical (unpaired) electrons. The summed E-state index contributed by atoms with van der Waals surface area (Å²) < 4.78 is 0. The fourth-order valence-corrected chi connectivity index (χ4v) is 5.69. The van der Waals surface area contributed by atoms with Crippen molar-refractivity contribution in [3.05, 3.63) is 83.9 Å². The van der Waals surface area contributed by atoms with Crippen molar-refractivity contribution >= 4 is 0 Å². The van der Waals surface area contributed by atoms with Gasteiger partial charge in [0, 0.05) is 11.8 Å². The maximum atomic E-state index is 11.6. The molecule has 0 aliphatic heterocycles. The van der Waals surface area contributed by atoms with Gasteiger partial charge in [-0.2, -0.15) is 0 Å². The number of hydrogen-bond acceptors (Lipinski definition) is 2. The van der Waals surface area contributed by atoms with Crippen molar-refractivity contribution in [2.45, 2.75) is 87.2 Å². The molecule has 2 atom stereocenters. The van der Waals surface area contributed by atoms with Crippen LogP contribution in [0.2, 0.25) is 0 Å². The zero-order valence-corrected chi connectivity index (χ0v) is 18.0. The van der Waals surface area contributed by atoms with Crippen LogP contribution >= 0.6 is 0 Å². The van der Waals surface area contributed by atoms with Crippen LogP contribution in [0.1, 0.15) is 87.2 Å². The second-order valence-electron chi connectivity index (χ2n) is 9.49. The average molecular weight is 405 g/mol. The Morgan fingerprint density at radius 3 is 1.20 bits per heavy atom. The molecule has 0 unspecified atom stereocenters. The predicted molar refractivity (Wildman–Crippen MR) is 124 cm³/mol. The van der Waals surface area contributed by atoms with Crippen molar-refractivity contribution in [3.63, 3.8) is 0 Å². The summed E-state index contributed by atoms with van der Waals surface area (Å²) in [5.74, 6) is -0.0881. The zero-order chi connectivity index (χ0) is 20.9. The maximum Gasteiger partial charge on any atom is 0.0750 e. The van der Waals surface area contributed by atoms with E-state index in [1.54, 1.807) is 0 Å². The van der Waals surface area contributed by atoms with Gasteiger partial charge in [0.25, 0.3) is 0 Å². The van der Waals surface area contributed by atoms with Crippen LogP contribution in [0.25, 0.3) is 0 Å². The fraction of sp³-hybridized carbons (Fsp3) is 0.500. The third-order valence-electron chi connectivity index (χ3n) is 7.41. The zero-order valence-electron chi connectivity index (χ0n) is 18.0. The van der Waals surface area contributed by atoms with Gasteiger partial charge in [0.1, 0.15) is 0 Å². The third kappa shape index (κ3) is 4.71. The highest BCUT2D eigenvalue weighted by atomic mass is 16.3. The molecule has 0 saturated heterocycles. The van der Waals surface area contributed by atoms with Crippen molar-refractivity contribution in [2.75, 3.05) is 0 Å². The molecule has 30 heavy (non-hydrogen) atoms. The van der Waals surface area contributed by atoms with Gasteiger partial charge in [0.2, 0.25) is 0 Å². The summed E-state index contributed by atoms with van der Waals surface area (Å²) in [5.41, 5.74) is 0.931. The van der Waals surface area contributed by atoms with Gasteiger partial charge in [0.05, 0.1) is 11.2 Å². The maximum absolute atomic E-state index is 11.6. The molecule has 160 valence electrons. The molecular formula is C28H36O2. The molecule has 0 heterocycles. The normalized spacial score (nSPS) is 23.1. The summed E-state index contributed by atoms with van der Waals surface area (Å²) in [6, 6.07) is 20.8. The van der Waals surface area contributed by atoms with Crippen molar-refractivity contribution < 1.29 is 10.2 Å². The predicted octanol–water partition coefficient (Wildman–Crippen LogP) is 6.50. The van der Waals surface area contributed by atoms with E-state index in [0.29, 0.717) is 0 Å². The standard InChI is InChI=1S/C28H36O2/c29-27(19-9-3-10-20-27)25(23-13-5-1-6-14-23)17-18-26(24-15-7-2-8-16-24)28(30)21-11-4-12-22-28/h1-2,5-8,13-18,25-26,29-30H,3-4,9-12,19-22H2/b18-17-/t25-,26+. The molecule has 2 aliphatic carbocycles. The van der Waals surface area contributed by atoms with Crippen molar-refractivity contribution in [1.82, 2.24) is 0 Å². The Labute approximate surface area is 181 Å². The highest BCUT2D eigenvalue weighted by Gasteiger charge is 2.40. The van der Waals surface area contributed by atoms with Gasteiger partial charge < -0.3 is 10.2 Å². The summed E-state index contributed by atoms with van der Waals surface area (Å²) in [6.07, 6.45) is 14.6. The second-order valence-corrected chi connectivity index (χ2v) is 9.49. The first-order chi connectivity index (χ1) is 14.6. The van der Waals surface area contributed by atoms with E-state index in [2.05, 4.69) is 60.7 Å². The number of rotatable bonds is 6. The van der Waals surface area contributed by atoms with E-state index in [9.17, 15) is 10.2 Å². The van der Waals surface area contributed by atoms with E-state index >= 15 is 0 Å². The average Bonchev–Trinajstić information content (AvgIpc) is 2.79. The minimum absolute atomic E-state index is 0.0441. The number of benzene rings is 2. The summed E-state index contributed by atoms with van der Waals surface area (Å²) in [4.78, 5) is 0. The highest BCUT2D eigenvalue weighted by Crippen LogP contribution is 2.44. The molecule has 0 spiro atoms. The van der Waals surface area contributed by atoms with Crippen molar-refractivity contribution in [2.24, 2.45) is 0 Å². The molecule has 2 aromatic rings. The molecule has 2 nitrogen and oxygen atoms in total. The van der Waals surface area contributed by atoms with E-state index < -0.39 is 11.2 Å². The quantitative estimate of drug-likeness (QED) is 0.539. The highest BCUT2D eigenvalue weighted by molar-refractivity contribution is 5.33. The minimum atomic E-state index is -0.702. The van der Waals surface area contributed by atoms with E-state index in [1.807, 2.05) is 12.1 Å². The molecular weight excluding hydrogens is 368 g/mol. The number of hydrogen-bond donors (Lipinski definition) is 2. The van der Waals surface area contributed by atoms with E-state index in [-0.39, 0.29) is 11.8 Å². The van der Waals surface area contributed by atoms with Crippen LogP contribution in [0.15, 0.2) is 72.8 Å². The first-order valence-corrected chi connectivity index (χ1v) is 11.8. The molecule has 2 aliphatic rings. The lowest BCUT2D eigenvalue weighted by atomic mass is 9.70. The van der Waals surface area contributed by atoms with Gasteiger partial charge in [-0.3, -0.25) is 0 Å². The molecule has 2 heteroatoms. The lowest BCUT2D eigenvalue weighted by Crippen LogP contribution is -2.39. The SMILES string of the molecule is OC1([C@H](/C=C\[C@@H](c2ccccc2)C2(O)CCCCC2)c2ccccc2)CCCCC1.